The van der Waals surface area contributed by atoms with Crippen molar-refractivity contribution in [2.45, 2.75) is 31.8 Å². The van der Waals surface area contributed by atoms with Crippen LogP contribution in [0.2, 0.25) is 0 Å². The van der Waals surface area contributed by atoms with Gasteiger partial charge in [0.2, 0.25) is 11.6 Å². The first-order chi connectivity index (χ1) is 20.5. The zero-order chi connectivity index (χ0) is 31.3. The van der Waals surface area contributed by atoms with E-state index >= 15 is 8.78 Å². The molecule has 4 rings (SSSR count). The molecule has 1 atom stereocenters. The van der Waals surface area contributed by atoms with Crippen LogP contribution in [0.4, 0.5) is 20.2 Å². The number of amidine groups is 1. The molecule has 0 spiro atoms. The smallest absolute Gasteiger partial charge is 0.322 e. The topological polar surface area (TPSA) is 207 Å². The van der Waals surface area contributed by atoms with Gasteiger partial charge >= 0.3 is 5.97 Å². The van der Waals surface area contributed by atoms with Gasteiger partial charge in [0, 0.05) is 30.8 Å². The number of phenols is 1. The Labute approximate surface area is 245 Å². The van der Waals surface area contributed by atoms with Crippen LogP contribution in [0.5, 0.6) is 29.0 Å². The van der Waals surface area contributed by atoms with Crippen LogP contribution in [0.3, 0.4) is 0 Å². The number of nitrogens with zero attached hydrogens (tertiary/aromatic N) is 3. The lowest BCUT2D eigenvalue weighted by molar-refractivity contribution is -0.146. The number of carbonyl (C=O) groups is 1. The van der Waals surface area contributed by atoms with Crippen molar-refractivity contribution in [3.05, 3.63) is 59.7 Å². The van der Waals surface area contributed by atoms with E-state index in [1.165, 1.54) is 37.4 Å². The molecule has 0 aliphatic carbocycles. The first kappa shape index (κ1) is 30.8. The van der Waals surface area contributed by atoms with Gasteiger partial charge in [-0.2, -0.15) is 13.8 Å². The number of carbonyl (C=O) groups excluding carboxylic acids is 1. The standard InChI is InChI=1S/C28H32F2N8O5/c1-14(27(40)41-2)38-10-8-16(9-11-38)35-23-21(29)25(42-18-5-3-4-17(13-18)36-28(33)34)37-26(22(23)30)43-20-12-15(24(31)32)6-7-19(20)39/h3-7,12-14,16,39H,8-11H2,1-2H3,(H3,31,32)(H,35,37)(H4,33,34,36). The summed E-state index contributed by atoms with van der Waals surface area (Å²) in [5, 5.41) is 20.8. The van der Waals surface area contributed by atoms with Crippen LogP contribution in [0.1, 0.15) is 25.3 Å². The Morgan fingerprint density at radius 2 is 1.79 bits per heavy atom. The van der Waals surface area contributed by atoms with Crippen LogP contribution < -0.4 is 32.0 Å². The average molecular weight is 599 g/mol. The Hall–Kier alpha value is -5.18. The third kappa shape index (κ3) is 7.37. The van der Waals surface area contributed by atoms with Crippen molar-refractivity contribution in [3.63, 3.8) is 0 Å². The minimum Gasteiger partial charge on any atom is -0.504 e. The number of piperidine rings is 1. The summed E-state index contributed by atoms with van der Waals surface area (Å²) in [5.74, 6) is -5.16. The zero-order valence-electron chi connectivity index (χ0n) is 23.4. The van der Waals surface area contributed by atoms with Crippen molar-refractivity contribution in [1.82, 2.24) is 9.88 Å². The molecular formula is C28H32F2N8O5. The molecule has 0 saturated carbocycles. The number of aliphatic imine (C=N–C) groups is 1. The number of nitrogens with two attached hydrogens (primary N) is 3. The highest BCUT2D eigenvalue weighted by Crippen LogP contribution is 2.39. The number of anilines is 1. The lowest BCUT2D eigenvalue weighted by atomic mass is 10.0. The maximum Gasteiger partial charge on any atom is 0.322 e. The molecule has 228 valence electrons. The van der Waals surface area contributed by atoms with Gasteiger partial charge in [-0.15, -0.1) is 0 Å². The summed E-state index contributed by atoms with van der Waals surface area (Å²) >= 11 is 0. The number of nitrogens with one attached hydrogen (secondary N) is 2. The second kappa shape index (κ2) is 13.2. The number of methoxy groups -OCH3 is 1. The normalized spacial score (nSPS) is 14.4. The molecular weight excluding hydrogens is 566 g/mol. The summed E-state index contributed by atoms with van der Waals surface area (Å²) in [5.41, 5.74) is 16.3. The van der Waals surface area contributed by atoms with Gasteiger partial charge in [-0.1, -0.05) is 6.07 Å². The highest BCUT2D eigenvalue weighted by molar-refractivity contribution is 5.95. The van der Waals surface area contributed by atoms with Gasteiger partial charge < -0.3 is 41.8 Å². The molecule has 43 heavy (non-hydrogen) atoms. The number of hydrogen-bond donors (Lipinski definition) is 6. The number of guanidine groups is 1. The molecule has 0 radical (unpaired) electrons. The number of aromatic nitrogens is 1. The number of nitrogen functional groups attached to an aromatic ring is 1. The molecule has 1 aliphatic heterocycles. The number of hydrogen-bond acceptors (Lipinski definition) is 10. The number of benzene rings is 2. The second-order valence-electron chi connectivity index (χ2n) is 9.71. The number of halogens is 2. The molecule has 2 aromatic carbocycles. The number of ether oxygens (including phenoxy) is 3. The number of aromatic hydroxyl groups is 1. The van der Waals surface area contributed by atoms with E-state index in [2.05, 4.69) is 15.3 Å². The summed E-state index contributed by atoms with van der Waals surface area (Å²) in [6, 6.07) is 9.00. The SMILES string of the molecule is COC(=O)C(C)N1CCC(Nc2c(F)c(Oc3cccc(N=C(N)N)c3)nc(Oc3cc(C(=N)N)ccc3O)c2F)CC1. The van der Waals surface area contributed by atoms with E-state index in [4.69, 9.17) is 36.8 Å². The van der Waals surface area contributed by atoms with E-state index in [1.807, 2.05) is 4.90 Å². The van der Waals surface area contributed by atoms with E-state index in [0.717, 1.165) is 0 Å². The van der Waals surface area contributed by atoms with Crippen molar-refractivity contribution in [3.8, 4) is 29.0 Å². The summed E-state index contributed by atoms with van der Waals surface area (Å²) in [6.07, 6.45) is 0.911. The quantitative estimate of drug-likeness (QED) is 0.113. The summed E-state index contributed by atoms with van der Waals surface area (Å²) < 4.78 is 47.7. The highest BCUT2D eigenvalue weighted by atomic mass is 19.1. The Morgan fingerprint density at radius 3 is 2.42 bits per heavy atom. The van der Waals surface area contributed by atoms with E-state index in [0.29, 0.717) is 31.6 Å². The second-order valence-corrected chi connectivity index (χ2v) is 9.71. The molecule has 1 aliphatic rings. The summed E-state index contributed by atoms with van der Waals surface area (Å²) in [7, 11) is 1.31. The van der Waals surface area contributed by atoms with Crippen LogP contribution in [-0.4, -0.2) is 65.0 Å². The van der Waals surface area contributed by atoms with Crippen molar-refractivity contribution >= 4 is 29.1 Å². The van der Waals surface area contributed by atoms with Crippen molar-refractivity contribution < 1.29 is 32.9 Å². The predicted molar refractivity (Wildman–Crippen MR) is 155 cm³/mol. The fourth-order valence-electron chi connectivity index (χ4n) is 4.46. The van der Waals surface area contributed by atoms with E-state index in [-0.39, 0.29) is 40.9 Å². The first-order valence-corrected chi connectivity index (χ1v) is 13.2. The largest absolute Gasteiger partial charge is 0.504 e. The van der Waals surface area contributed by atoms with E-state index in [1.54, 1.807) is 19.1 Å². The number of pyridine rings is 1. The maximum atomic E-state index is 15.8. The van der Waals surface area contributed by atoms with E-state index < -0.39 is 40.9 Å². The zero-order valence-corrected chi connectivity index (χ0v) is 23.4. The van der Waals surface area contributed by atoms with Crippen molar-refractivity contribution in [2.75, 3.05) is 25.5 Å². The van der Waals surface area contributed by atoms with Gasteiger partial charge in [-0.05, 0) is 50.1 Å². The number of likely N-dealkylation sites (tertiary alicyclic amines) is 1. The first-order valence-electron chi connectivity index (χ1n) is 13.2. The van der Waals surface area contributed by atoms with Crippen LogP contribution in [0.15, 0.2) is 47.5 Å². The number of esters is 1. The molecule has 0 amide bonds. The van der Waals surface area contributed by atoms with Crippen molar-refractivity contribution in [1.29, 1.82) is 5.41 Å². The third-order valence-corrected chi connectivity index (χ3v) is 6.75. The molecule has 15 heteroatoms. The molecule has 1 aromatic heterocycles. The number of phenolic OH excluding ortho intramolecular Hbond substituents is 1. The molecule has 1 saturated heterocycles. The molecule has 9 N–H and O–H groups in total. The third-order valence-electron chi connectivity index (χ3n) is 6.75. The molecule has 1 unspecified atom stereocenters. The molecule has 1 fully saturated rings. The predicted octanol–water partition coefficient (Wildman–Crippen LogP) is 3.28. The Kier molecular flexibility index (Phi) is 9.45. The van der Waals surface area contributed by atoms with Gasteiger partial charge in [-0.25, -0.2) is 4.99 Å². The Bertz CT molecular complexity index is 1540. The minimum atomic E-state index is -1.18. The number of rotatable bonds is 10. The summed E-state index contributed by atoms with van der Waals surface area (Å²) in [6.45, 7) is 2.67. The highest BCUT2D eigenvalue weighted by Gasteiger charge is 2.30. The Morgan fingerprint density at radius 1 is 1.12 bits per heavy atom. The van der Waals surface area contributed by atoms with Gasteiger partial charge in [0.25, 0.3) is 11.8 Å². The molecule has 3 aromatic rings. The molecule has 13 nitrogen and oxygen atoms in total. The lowest BCUT2D eigenvalue weighted by Crippen LogP contribution is -2.47. The minimum absolute atomic E-state index is 0.0870. The molecule has 2 heterocycles. The van der Waals surface area contributed by atoms with Crippen LogP contribution in [-0.2, 0) is 9.53 Å². The molecule has 0 bridgehead atoms. The van der Waals surface area contributed by atoms with E-state index in [9.17, 15) is 9.90 Å². The van der Waals surface area contributed by atoms with Crippen LogP contribution in [0.25, 0.3) is 0 Å². The van der Waals surface area contributed by atoms with Gasteiger partial charge in [0.15, 0.2) is 17.5 Å². The fourth-order valence-corrected chi connectivity index (χ4v) is 4.46. The van der Waals surface area contributed by atoms with Crippen LogP contribution in [0, 0.1) is 17.0 Å². The Balaban J connectivity index is 1.68. The van der Waals surface area contributed by atoms with Gasteiger partial charge in [0.05, 0.1) is 12.8 Å². The maximum absolute atomic E-state index is 15.8. The lowest BCUT2D eigenvalue weighted by Gasteiger charge is -2.35. The van der Waals surface area contributed by atoms with Gasteiger partial charge in [-0.3, -0.25) is 15.1 Å². The van der Waals surface area contributed by atoms with Crippen molar-refractivity contribution in [2.24, 2.45) is 22.2 Å². The van der Waals surface area contributed by atoms with Gasteiger partial charge in [0.1, 0.15) is 23.3 Å². The van der Waals surface area contributed by atoms with Crippen LogP contribution >= 0.6 is 0 Å². The monoisotopic (exact) mass is 598 g/mol. The fraction of sp³-hybridized carbons (Fsp3) is 0.286. The average Bonchev–Trinajstić information content (AvgIpc) is 2.98. The summed E-state index contributed by atoms with van der Waals surface area (Å²) in [4.78, 5) is 21.7.